The standard InChI is InChI=1S/C17H23N3S2.ClH/c1-13-15(22-12-19-13)10-20(9-14-2-7-21-11-14)16-8-17(16)3-5-18-6-4-17;/h2,7,11-12,16,18H,3-6,8-10H2,1H3;1H. The molecule has 6 heteroatoms. The van der Waals surface area contributed by atoms with E-state index in [1.54, 1.807) is 11.3 Å². The second-order valence-electron chi connectivity index (χ2n) is 6.73. The Morgan fingerprint density at radius 1 is 1.35 bits per heavy atom. The Bertz CT molecular complexity index is 620. The Kier molecular flexibility index (Phi) is 5.43. The topological polar surface area (TPSA) is 28.2 Å². The van der Waals surface area contributed by atoms with E-state index in [0.29, 0.717) is 5.41 Å². The summed E-state index contributed by atoms with van der Waals surface area (Å²) in [7, 11) is 0. The van der Waals surface area contributed by atoms with Gasteiger partial charge in [0.15, 0.2) is 0 Å². The van der Waals surface area contributed by atoms with Gasteiger partial charge in [0.25, 0.3) is 0 Å². The van der Waals surface area contributed by atoms with Crippen LogP contribution in [0.15, 0.2) is 22.3 Å². The average Bonchev–Trinajstić information content (AvgIpc) is 2.90. The number of nitrogens with zero attached hydrogens (tertiary/aromatic N) is 2. The molecule has 3 nitrogen and oxygen atoms in total. The lowest BCUT2D eigenvalue weighted by atomic mass is 9.93. The SMILES string of the molecule is Cc1ncsc1CN(Cc1ccsc1)C1CC12CCNCC2.Cl. The molecule has 1 aliphatic heterocycles. The highest BCUT2D eigenvalue weighted by Crippen LogP contribution is 2.56. The van der Waals surface area contributed by atoms with Gasteiger partial charge in [-0.05, 0) is 67.1 Å². The van der Waals surface area contributed by atoms with Crippen molar-refractivity contribution in [3.05, 3.63) is 38.5 Å². The number of halogens is 1. The summed E-state index contributed by atoms with van der Waals surface area (Å²) in [5.41, 5.74) is 5.25. The first-order valence-electron chi connectivity index (χ1n) is 8.12. The zero-order chi connectivity index (χ0) is 15.0. The molecule has 1 saturated carbocycles. The molecule has 1 unspecified atom stereocenters. The third kappa shape index (κ3) is 3.64. The molecule has 1 atom stereocenters. The van der Waals surface area contributed by atoms with Gasteiger partial charge in [-0.2, -0.15) is 11.3 Å². The maximum absolute atomic E-state index is 4.43. The third-order valence-corrected chi connectivity index (χ3v) is 7.00. The van der Waals surface area contributed by atoms with Gasteiger partial charge in [-0.3, -0.25) is 4.90 Å². The van der Waals surface area contributed by atoms with Crippen LogP contribution in [0.5, 0.6) is 0 Å². The summed E-state index contributed by atoms with van der Waals surface area (Å²) in [6.45, 7) is 6.68. The first kappa shape index (κ1) is 17.4. The van der Waals surface area contributed by atoms with Crippen LogP contribution in [0.4, 0.5) is 0 Å². The van der Waals surface area contributed by atoms with Crippen LogP contribution in [-0.4, -0.2) is 29.0 Å². The van der Waals surface area contributed by atoms with E-state index in [2.05, 4.69) is 39.0 Å². The molecule has 1 N–H and O–H groups in total. The highest BCUT2D eigenvalue weighted by Gasteiger charge is 2.56. The van der Waals surface area contributed by atoms with E-state index in [1.807, 2.05) is 16.8 Å². The summed E-state index contributed by atoms with van der Waals surface area (Å²) in [4.78, 5) is 8.59. The molecule has 126 valence electrons. The number of rotatable bonds is 5. The normalized spacial score (nSPS) is 22.3. The largest absolute Gasteiger partial charge is 0.317 e. The molecular weight excluding hydrogens is 346 g/mol. The molecule has 1 aliphatic carbocycles. The Morgan fingerprint density at radius 2 is 2.17 bits per heavy atom. The summed E-state index contributed by atoms with van der Waals surface area (Å²) in [6.07, 6.45) is 4.08. The predicted octanol–water partition coefficient (Wildman–Crippen LogP) is 4.08. The van der Waals surface area contributed by atoms with Crippen LogP contribution in [0, 0.1) is 12.3 Å². The molecule has 1 saturated heterocycles. The maximum Gasteiger partial charge on any atom is 0.0798 e. The Hall–Kier alpha value is -0.460. The maximum atomic E-state index is 4.43. The molecule has 0 radical (unpaired) electrons. The van der Waals surface area contributed by atoms with Crippen molar-refractivity contribution in [2.24, 2.45) is 5.41 Å². The van der Waals surface area contributed by atoms with Gasteiger partial charge < -0.3 is 5.32 Å². The minimum absolute atomic E-state index is 0. The highest BCUT2D eigenvalue weighted by molar-refractivity contribution is 7.09. The molecule has 23 heavy (non-hydrogen) atoms. The molecule has 2 aromatic rings. The van der Waals surface area contributed by atoms with Crippen molar-refractivity contribution in [1.29, 1.82) is 0 Å². The number of aryl methyl sites for hydroxylation is 1. The molecule has 0 bridgehead atoms. The van der Waals surface area contributed by atoms with E-state index in [4.69, 9.17) is 0 Å². The predicted molar refractivity (Wildman–Crippen MR) is 101 cm³/mol. The van der Waals surface area contributed by atoms with Crippen LogP contribution in [0.3, 0.4) is 0 Å². The highest BCUT2D eigenvalue weighted by atomic mass is 35.5. The van der Waals surface area contributed by atoms with Gasteiger partial charge in [0.2, 0.25) is 0 Å². The molecule has 0 amide bonds. The Balaban J connectivity index is 0.00000156. The summed E-state index contributed by atoms with van der Waals surface area (Å²) >= 11 is 3.61. The van der Waals surface area contributed by atoms with Crippen LogP contribution < -0.4 is 5.32 Å². The Labute approximate surface area is 152 Å². The third-order valence-electron chi connectivity index (χ3n) is 5.34. The van der Waals surface area contributed by atoms with Crippen molar-refractivity contribution in [3.63, 3.8) is 0 Å². The van der Waals surface area contributed by atoms with Gasteiger partial charge in [-0.1, -0.05) is 0 Å². The zero-order valence-corrected chi connectivity index (χ0v) is 15.9. The summed E-state index contributed by atoms with van der Waals surface area (Å²) in [6, 6.07) is 3.03. The van der Waals surface area contributed by atoms with Crippen LogP contribution in [0.1, 0.15) is 35.4 Å². The number of piperidine rings is 1. The lowest BCUT2D eigenvalue weighted by Gasteiger charge is -2.29. The number of nitrogens with one attached hydrogen (secondary N) is 1. The first-order valence-corrected chi connectivity index (χ1v) is 9.94. The van der Waals surface area contributed by atoms with E-state index >= 15 is 0 Å². The summed E-state index contributed by atoms with van der Waals surface area (Å²) in [5, 5.41) is 8.00. The summed E-state index contributed by atoms with van der Waals surface area (Å²) in [5.74, 6) is 0. The van der Waals surface area contributed by atoms with Crippen LogP contribution in [-0.2, 0) is 13.1 Å². The fraction of sp³-hybridized carbons (Fsp3) is 0.588. The van der Waals surface area contributed by atoms with Crippen LogP contribution in [0.2, 0.25) is 0 Å². The number of hydrogen-bond donors (Lipinski definition) is 1. The van der Waals surface area contributed by atoms with Gasteiger partial charge in [0.05, 0.1) is 11.2 Å². The van der Waals surface area contributed by atoms with Crippen molar-refractivity contribution >= 4 is 35.1 Å². The van der Waals surface area contributed by atoms with E-state index in [1.165, 1.54) is 48.5 Å². The van der Waals surface area contributed by atoms with Gasteiger partial charge in [0, 0.05) is 24.0 Å². The minimum Gasteiger partial charge on any atom is -0.317 e. The molecule has 0 aromatic carbocycles. The smallest absolute Gasteiger partial charge is 0.0798 e. The second-order valence-corrected chi connectivity index (χ2v) is 8.45. The average molecular weight is 370 g/mol. The lowest BCUT2D eigenvalue weighted by Crippen LogP contribution is -2.35. The second kappa shape index (κ2) is 7.19. The van der Waals surface area contributed by atoms with E-state index in [9.17, 15) is 0 Å². The lowest BCUT2D eigenvalue weighted by molar-refractivity contribution is 0.189. The van der Waals surface area contributed by atoms with E-state index in [0.717, 1.165) is 19.1 Å². The first-order chi connectivity index (χ1) is 10.8. The van der Waals surface area contributed by atoms with Gasteiger partial charge in [-0.15, -0.1) is 23.7 Å². The van der Waals surface area contributed by atoms with Gasteiger partial charge >= 0.3 is 0 Å². The van der Waals surface area contributed by atoms with Crippen molar-refractivity contribution < 1.29 is 0 Å². The van der Waals surface area contributed by atoms with Gasteiger partial charge in [-0.25, -0.2) is 4.98 Å². The minimum atomic E-state index is 0. The summed E-state index contributed by atoms with van der Waals surface area (Å²) < 4.78 is 0. The molecule has 4 rings (SSSR count). The van der Waals surface area contributed by atoms with Crippen molar-refractivity contribution in [3.8, 4) is 0 Å². The monoisotopic (exact) mass is 369 g/mol. The molecule has 1 spiro atoms. The molecular formula is C17H24ClN3S2. The quantitative estimate of drug-likeness (QED) is 0.860. The van der Waals surface area contributed by atoms with Gasteiger partial charge in [0.1, 0.15) is 0 Å². The van der Waals surface area contributed by atoms with E-state index in [-0.39, 0.29) is 12.4 Å². The molecule has 2 fully saturated rings. The van der Waals surface area contributed by atoms with Crippen molar-refractivity contribution in [2.75, 3.05) is 13.1 Å². The Morgan fingerprint density at radius 3 is 2.83 bits per heavy atom. The molecule has 2 aromatic heterocycles. The fourth-order valence-electron chi connectivity index (χ4n) is 3.86. The molecule has 3 heterocycles. The van der Waals surface area contributed by atoms with E-state index < -0.39 is 0 Å². The molecule has 2 aliphatic rings. The van der Waals surface area contributed by atoms with Crippen LogP contribution in [0.25, 0.3) is 0 Å². The number of aromatic nitrogens is 1. The van der Waals surface area contributed by atoms with Crippen molar-refractivity contribution in [1.82, 2.24) is 15.2 Å². The number of thiophene rings is 1. The van der Waals surface area contributed by atoms with Crippen LogP contribution >= 0.6 is 35.1 Å². The fourth-order valence-corrected chi connectivity index (χ4v) is 5.32. The van der Waals surface area contributed by atoms with Crippen molar-refractivity contribution in [2.45, 2.75) is 45.3 Å². The zero-order valence-electron chi connectivity index (χ0n) is 13.5. The number of thiazole rings is 1. The number of hydrogen-bond acceptors (Lipinski definition) is 5.